The minimum atomic E-state index is -0.663. The fourth-order valence-electron chi connectivity index (χ4n) is 5.70. The fourth-order valence-corrected chi connectivity index (χ4v) is 5.70. The van der Waals surface area contributed by atoms with Crippen LogP contribution in [0.3, 0.4) is 0 Å². The lowest BCUT2D eigenvalue weighted by Gasteiger charge is -2.49. The Bertz CT molecular complexity index is 451. The van der Waals surface area contributed by atoms with Crippen LogP contribution in [-0.2, 0) is 4.79 Å². The number of hydrogen-bond acceptors (Lipinski definition) is 3. The van der Waals surface area contributed by atoms with Gasteiger partial charge >= 0.3 is 5.97 Å². The van der Waals surface area contributed by atoms with Gasteiger partial charge in [0.25, 0.3) is 0 Å². The van der Waals surface area contributed by atoms with Gasteiger partial charge < -0.3 is 10.4 Å². The minimum Gasteiger partial charge on any atom is -0.480 e. The van der Waals surface area contributed by atoms with Crippen LogP contribution in [0.1, 0.15) is 77.0 Å². The zero-order chi connectivity index (χ0) is 16.6. The zero-order valence-electron chi connectivity index (χ0n) is 15.0. The molecule has 0 heterocycles. The van der Waals surface area contributed by atoms with E-state index in [4.69, 9.17) is 0 Å². The molecule has 0 saturated heterocycles. The molecule has 24 heavy (non-hydrogen) atoms. The number of carboxylic acids is 1. The summed E-state index contributed by atoms with van der Waals surface area (Å²) in [6.07, 6.45) is 16.3. The number of nitrogens with one attached hydrogen (secondary N) is 1. The van der Waals surface area contributed by atoms with Crippen molar-refractivity contribution in [2.75, 3.05) is 13.1 Å². The van der Waals surface area contributed by atoms with Crippen molar-refractivity contribution in [3.05, 3.63) is 0 Å². The fraction of sp³-hybridized carbons (Fsp3) is 0.950. The van der Waals surface area contributed by atoms with E-state index < -0.39 is 5.97 Å². The van der Waals surface area contributed by atoms with E-state index in [-0.39, 0.29) is 6.54 Å². The Morgan fingerprint density at radius 2 is 1.71 bits per heavy atom. The molecule has 2 N–H and O–H groups in total. The molecule has 1 unspecified atom stereocenters. The molecule has 1 spiro atoms. The highest BCUT2D eigenvalue weighted by molar-refractivity contribution is 5.69. The first-order valence-corrected chi connectivity index (χ1v) is 10.4. The largest absolute Gasteiger partial charge is 0.480 e. The maximum absolute atomic E-state index is 11.2. The first-order valence-electron chi connectivity index (χ1n) is 10.4. The molecule has 0 aromatic heterocycles. The quantitative estimate of drug-likeness (QED) is 0.749. The van der Waals surface area contributed by atoms with Crippen LogP contribution in [0.4, 0.5) is 0 Å². The second kappa shape index (κ2) is 6.95. The van der Waals surface area contributed by atoms with Crippen LogP contribution in [0.2, 0.25) is 0 Å². The van der Waals surface area contributed by atoms with Crippen LogP contribution in [0.15, 0.2) is 0 Å². The summed E-state index contributed by atoms with van der Waals surface area (Å²) in [5, 5.41) is 13.2. The van der Waals surface area contributed by atoms with Gasteiger partial charge in [0.05, 0.1) is 6.54 Å². The monoisotopic (exact) mass is 334 g/mol. The third kappa shape index (κ3) is 3.65. The summed E-state index contributed by atoms with van der Waals surface area (Å²) < 4.78 is 0. The maximum atomic E-state index is 11.2. The average molecular weight is 335 g/mol. The molecular weight excluding hydrogens is 300 g/mol. The second-order valence-electron chi connectivity index (χ2n) is 9.12. The highest BCUT2D eigenvalue weighted by Crippen LogP contribution is 2.49. The SMILES string of the molecule is O=C(O)CN(CC1CC1)C1CC(NC2CCCCC23CCCC3)C1. The Morgan fingerprint density at radius 1 is 1.04 bits per heavy atom. The number of hydrogen-bond donors (Lipinski definition) is 2. The predicted molar refractivity (Wildman–Crippen MR) is 95.0 cm³/mol. The van der Waals surface area contributed by atoms with Crippen molar-refractivity contribution in [1.29, 1.82) is 0 Å². The zero-order valence-corrected chi connectivity index (χ0v) is 15.0. The van der Waals surface area contributed by atoms with Gasteiger partial charge in [-0.25, -0.2) is 0 Å². The van der Waals surface area contributed by atoms with Crippen molar-refractivity contribution in [3.63, 3.8) is 0 Å². The number of rotatable bonds is 7. The second-order valence-corrected chi connectivity index (χ2v) is 9.12. The van der Waals surface area contributed by atoms with E-state index in [2.05, 4.69) is 10.2 Å². The van der Waals surface area contributed by atoms with Crippen LogP contribution < -0.4 is 5.32 Å². The van der Waals surface area contributed by atoms with E-state index in [1.165, 1.54) is 64.2 Å². The molecule has 0 aliphatic heterocycles. The molecule has 4 saturated carbocycles. The van der Waals surface area contributed by atoms with Crippen molar-refractivity contribution >= 4 is 5.97 Å². The van der Waals surface area contributed by atoms with Crippen LogP contribution in [0, 0.1) is 11.3 Å². The lowest BCUT2D eigenvalue weighted by molar-refractivity contribution is -0.139. The lowest BCUT2D eigenvalue weighted by atomic mass is 9.68. The minimum absolute atomic E-state index is 0.237. The van der Waals surface area contributed by atoms with Crippen molar-refractivity contribution in [2.45, 2.75) is 95.2 Å². The molecule has 4 fully saturated rings. The molecule has 136 valence electrons. The molecule has 0 aromatic carbocycles. The van der Waals surface area contributed by atoms with Gasteiger partial charge in [0, 0.05) is 24.7 Å². The van der Waals surface area contributed by atoms with Crippen molar-refractivity contribution in [3.8, 4) is 0 Å². The summed E-state index contributed by atoms with van der Waals surface area (Å²) in [6, 6.07) is 1.87. The Labute approximate surface area is 146 Å². The van der Waals surface area contributed by atoms with E-state index in [0.29, 0.717) is 17.5 Å². The molecule has 4 aliphatic carbocycles. The van der Waals surface area contributed by atoms with E-state index in [1.54, 1.807) is 0 Å². The van der Waals surface area contributed by atoms with Gasteiger partial charge in [0.2, 0.25) is 0 Å². The number of nitrogens with zero attached hydrogens (tertiary/aromatic N) is 1. The van der Waals surface area contributed by atoms with Crippen molar-refractivity contribution in [1.82, 2.24) is 10.2 Å². The summed E-state index contributed by atoms with van der Waals surface area (Å²) in [7, 11) is 0. The smallest absolute Gasteiger partial charge is 0.317 e. The van der Waals surface area contributed by atoms with Gasteiger partial charge in [-0.2, -0.15) is 0 Å². The molecule has 0 aromatic rings. The first kappa shape index (κ1) is 16.8. The van der Waals surface area contributed by atoms with Gasteiger partial charge in [-0.1, -0.05) is 25.7 Å². The summed E-state index contributed by atoms with van der Waals surface area (Å²) in [6.45, 7) is 1.25. The molecule has 4 rings (SSSR count). The number of carbonyl (C=O) groups is 1. The van der Waals surface area contributed by atoms with Gasteiger partial charge in [-0.3, -0.25) is 9.69 Å². The highest BCUT2D eigenvalue weighted by atomic mass is 16.4. The molecule has 1 atom stereocenters. The lowest BCUT2D eigenvalue weighted by Crippen LogP contribution is -2.59. The third-order valence-electron chi connectivity index (χ3n) is 7.35. The van der Waals surface area contributed by atoms with E-state index in [1.807, 2.05) is 0 Å². The predicted octanol–water partition coefficient (Wildman–Crippen LogP) is 3.41. The normalized spacial score (nSPS) is 35.3. The van der Waals surface area contributed by atoms with Gasteiger partial charge in [0.15, 0.2) is 0 Å². The molecule has 0 bridgehead atoms. The molecule has 0 amide bonds. The third-order valence-corrected chi connectivity index (χ3v) is 7.35. The van der Waals surface area contributed by atoms with Gasteiger partial charge in [-0.15, -0.1) is 0 Å². The Morgan fingerprint density at radius 3 is 2.33 bits per heavy atom. The molecule has 4 heteroatoms. The van der Waals surface area contributed by atoms with E-state index in [0.717, 1.165) is 31.3 Å². The van der Waals surface area contributed by atoms with Crippen LogP contribution in [0.5, 0.6) is 0 Å². The van der Waals surface area contributed by atoms with Gasteiger partial charge in [-0.05, 0) is 62.7 Å². The standard InChI is InChI=1S/C20H34N2O2/c23-19(24)14-22(13-15-6-7-15)17-11-16(12-17)21-18-5-1-2-8-20(18)9-3-4-10-20/h15-18,21H,1-14H2,(H,23,24). The van der Waals surface area contributed by atoms with Crippen molar-refractivity contribution < 1.29 is 9.90 Å². The van der Waals surface area contributed by atoms with Crippen LogP contribution in [-0.4, -0.2) is 47.2 Å². The van der Waals surface area contributed by atoms with Gasteiger partial charge in [0.1, 0.15) is 0 Å². The molecule has 4 aliphatic rings. The Kier molecular flexibility index (Phi) is 4.88. The van der Waals surface area contributed by atoms with Crippen molar-refractivity contribution in [2.24, 2.45) is 11.3 Å². The Balaban J connectivity index is 1.29. The van der Waals surface area contributed by atoms with Crippen LogP contribution >= 0.6 is 0 Å². The number of carboxylic acid groups (broad SMARTS) is 1. The van der Waals surface area contributed by atoms with Crippen LogP contribution in [0.25, 0.3) is 0 Å². The Hall–Kier alpha value is -0.610. The van der Waals surface area contributed by atoms with E-state index >= 15 is 0 Å². The summed E-state index contributed by atoms with van der Waals surface area (Å²) in [4.78, 5) is 13.4. The molecular formula is C20H34N2O2. The van der Waals surface area contributed by atoms with E-state index in [9.17, 15) is 9.90 Å². The highest BCUT2D eigenvalue weighted by Gasteiger charge is 2.45. The summed E-state index contributed by atoms with van der Waals surface area (Å²) in [5.74, 6) is 0.112. The topological polar surface area (TPSA) is 52.6 Å². The first-order chi connectivity index (χ1) is 11.6. The summed E-state index contributed by atoms with van der Waals surface area (Å²) in [5.41, 5.74) is 0.609. The maximum Gasteiger partial charge on any atom is 0.317 e. The number of aliphatic carboxylic acids is 1. The average Bonchev–Trinajstić information content (AvgIpc) is 3.20. The summed E-state index contributed by atoms with van der Waals surface area (Å²) >= 11 is 0. The molecule has 4 nitrogen and oxygen atoms in total. The molecule has 0 radical (unpaired) electrons.